The molecule has 0 unspecified atom stereocenters. The minimum Gasteiger partial charge on any atom is -0.481 e. The van der Waals surface area contributed by atoms with Crippen LogP contribution in [0, 0.1) is 0 Å². The van der Waals surface area contributed by atoms with Gasteiger partial charge in [-0.05, 0) is 40.5 Å². The Kier molecular flexibility index (Phi) is 8.56. The van der Waals surface area contributed by atoms with Gasteiger partial charge in [0.2, 0.25) is 5.91 Å². The average molecular weight is 406 g/mol. The minimum atomic E-state index is -2.74. The van der Waals surface area contributed by atoms with Crippen LogP contribution in [0.1, 0.15) is 60.3 Å². The molecule has 1 aliphatic rings. The fourth-order valence-corrected chi connectivity index (χ4v) is 3.37. The lowest BCUT2D eigenvalue weighted by atomic mass is 9.79. The maximum absolute atomic E-state index is 11.0. The van der Waals surface area contributed by atoms with E-state index < -0.39 is 36.4 Å². The molecule has 6 N–H and O–H groups in total. The molecule has 1 amide bonds. The van der Waals surface area contributed by atoms with Crippen molar-refractivity contribution >= 4 is 23.8 Å². The third-order valence-electron chi connectivity index (χ3n) is 4.33. The van der Waals surface area contributed by atoms with Gasteiger partial charge in [-0.3, -0.25) is 14.4 Å². The maximum atomic E-state index is 11.0. The molecule has 0 saturated carbocycles. The Hall–Kier alpha value is -2.24. The number of hydroxylamine groups is 2. The molecule has 0 aromatic carbocycles. The predicted octanol–water partition coefficient (Wildman–Crippen LogP) is 0.285. The molecule has 0 aromatic rings. The number of aliphatic carboxylic acids is 3. The van der Waals surface area contributed by atoms with Crippen molar-refractivity contribution in [2.24, 2.45) is 0 Å². The van der Waals surface area contributed by atoms with Gasteiger partial charge in [0.1, 0.15) is 0 Å². The summed E-state index contributed by atoms with van der Waals surface area (Å²) in [5.41, 5.74) is -3.33. The number of piperidine rings is 1. The van der Waals surface area contributed by atoms with E-state index in [0.717, 1.165) is 12.8 Å². The number of carbonyl (C=O) groups is 4. The zero-order chi connectivity index (χ0) is 22.5. The Morgan fingerprint density at radius 1 is 0.964 bits per heavy atom. The van der Waals surface area contributed by atoms with Crippen LogP contribution < -0.4 is 5.32 Å². The Balaban J connectivity index is 0.000000528. The smallest absolute Gasteiger partial charge is 0.336 e. The monoisotopic (exact) mass is 406 g/mol. The SMILES string of the molecule is CC(=O)NC1CC(C)(C)N(O)C(C)(C)C1.O=C(O)CC(O)(CC(=O)O)C(=O)O. The lowest BCUT2D eigenvalue weighted by molar-refractivity contribution is -0.246. The van der Waals surface area contributed by atoms with Gasteiger partial charge in [-0.2, -0.15) is 5.06 Å². The molecule has 0 aliphatic carbocycles. The number of nitrogens with one attached hydrogen (secondary N) is 1. The van der Waals surface area contributed by atoms with Crippen molar-refractivity contribution in [2.45, 2.75) is 83.0 Å². The van der Waals surface area contributed by atoms with Gasteiger partial charge in [0.05, 0.1) is 12.8 Å². The molecule has 0 atom stereocenters. The van der Waals surface area contributed by atoms with E-state index in [1.807, 2.05) is 27.7 Å². The van der Waals surface area contributed by atoms with E-state index in [4.69, 9.17) is 20.4 Å². The molecule has 1 heterocycles. The summed E-state index contributed by atoms with van der Waals surface area (Å²) in [6.07, 6.45) is -0.748. The number of rotatable bonds is 6. The van der Waals surface area contributed by atoms with E-state index in [1.165, 1.54) is 12.0 Å². The number of amides is 1. The Morgan fingerprint density at radius 2 is 1.32 bits per heavy atom. The normalized spacial score (nSPS) is 19.1. The Bertz CT molecular complexity index is 582. The topological polar surface area (TPSA) is 185 Å². The number of hydrogen-bond donors (Lipinski definition) is 6. The summed E-state index contributed by atoms with van der Waals surface area (Å²) in [6, 6.07) is 0.149. The van der Waals surface area contributed by atoms with Crippen molar-refractivity contribution in [3.05, 3.63) is 0 Å². The van der Waals surface area contributed by atoms with E-state index in [0.29, 0.717) is 0 Å². The van der Waals surface area contributed by atoms with E-state index in [2.05, 4.69) is 5.32 Å². The fraction of sp³-hybridized carbons (Fsp3) is 0.765. The number of carbonyl (C=O) groups excluding carboxylic acids is 1. The first-order valence-electron chi connectivity index (χ1n) is 8.58. The third-order valence-corrected chi connectivity index (χ3v) is 4.33. The van der Waals surface area contributed by atoms with Crippen LogP contribution in [0.2, 0.25) is 0 Å². The highest BCUT2D eigenvalue weighted by atomic mass is 16.5. The van der Waals surface area contributed by atoms with Gasteiger partial charge in [0, 0.05) is 24.0 Å². The highest BCUT2D eigenvalue weighted by Gasteiger charge is 2.45. The van der Waals surface area contributed by atoms with Crippen molar-refractivity contribution < 1.29 is 44.8 Å². The quantitative estimate of drug-likeness (QED) is 0.358. The Morgan fingerprint density at radius 3 is 1.57 bits per heavy atom. The highest BCUT2D eigenvalue weighted by molar-refractivity contribution is 5.88. The van der Waals surface area contributed by atoms with Gasteiger partial charge in [-0.1, -0.05) is 0 Å². The van der Waals surface area contributed by atoms with Gasteiger partial charge in [0.25, 0.3) is 0 Å². The van der Waals surface area contributed by atoms with Crippen LogP contribution in [0.15, 0.2) is 0 Å². The van der Waals surface area contributed by atoms with Crippen molar-refractivity contribution in [3.63, 3.8) is 0 Å². The van der Waals surface area contributed by atoms with E-state index in [-0.39, 0.29) is 23.0 Å². The zero-order valence-electron chi connectivity index (χ0n) is 16.7. The second-order valence-electron chi connectivity index (χ2n) is 8.22. The second kappa shape index (κ2) is 9.30. The first-order chi connectivity index (χ1) is 12.4. The number of nitrogens with zero attached hydrogens (tertiary/aromatic N) is 1. The standard InChI is InChI=1S/C11H22N2O2.C6H8O7/c1-8(14)12-9-6-10(2,3)13(15)11(4,5)7-9;7-3(8)1-6(13,5(11)12)2-4(9)10/h9,15H,6-7H2,1-5H3,(H,12,14);13H,1-2H2,(H,7,8)(H,9,10)(H,11,12). The first kappa shape index (κ1) is 25.8. The third kappa shape index (κ3) is 7.79. The minimum absolute atomic E-state index is 0.00186. The summed E-state index contributed by atoms with van der Waals surface area (Å²) in [6.45, 7) is 9.49. The fourth-order valence-electron chi connectivity index (χ4n) is 3.37. The maximum Gasteiger partial charge on any atom is 0.336 e. The van der Waals surface area contributed by atoms with Gasteiger partial charge >= 0.3 is 17.9 Å². The molecule has 11 nitrogen and oxygen atoms in total. The van der Waals surface area contributed by atoms with E-state index >= 15 is 0 Å². The summed E-state index contributed by atoms with van der Waals surface area (Å²) in [5, 5.41) is 48.2. The van der Waals surface area contributed by atoms with Gasteiger partial charge in [0.15, 0.2) is 5.60 Å². The largest absolute Gasteiger partial charge is 0.481 e. The van der Waals surface area contributed by atoms with Gasteiger partial charge in [-0.25, -0.2) is 4.79 Å². The van der Waals surface area contributed by atoms with Crippen LogP contribution in [0.3, 0.4) is 0 Å². The lowest BCUT2D eigenvalue weighted by Gasteiger charge is -2.51. The first-order valence-corrected chi connectivity index (χ1v) is 8.58. The molecule has 0 radical (unpaired) electrons. The summed E-state index contributed by atoms with van der Waals surface area (Å²) in [5.74, 6) is -5.02. The summed E-state index contributed by atoms with van der Waals surface area (Å²) in [4.78, 5) is 41.5. The number of hydrogen-bond acceptors (Lipinski definition) is 7. The molecule has 1 rings (SSSR count). The van der Waals surface area contributed by atoms with Crippen molar-refractivity contribution in [2.75, 3.05) is 0 Å². The highest BCUT2D eigenvalue weighted by Crippen LogP contribution is 2.36. The second-order valence-corrected chi connectivity index (χ2v) is 8.22. The zero-order valence-corrected chi connectivity index (χ0v) is 16.7. The summed E-state index contributed by atoms with van der Waals surface area (Å²) >= 11 is 0. The summed E-state index contributed by atoms with van der Waals surface area (Å²) < 4.78 is 0. The summed E-state index contributed by atoms with van der Waals surface area (Å²) in [7, 11) is 0. The number of carboxylic acids is 3. The van der Waals surface area contributed by atoms with Crippen molar-refractivity contribution in [3.8, 4) is 0 Å². The number of carboxylic acid groups (broad SMARTS) is 3. The molecular formula is C17H30N2O9. The molecule has 162 valence electrons. The molecule has 0 bridgehead atoms. The molecule has 1 aliphatic heterocycles. The van der Waals surface area contributed by atoms with E-state index in [9.17, 15) is 24.4 Å². The van der Waals surface area contributed by atoms with Crippen LogP contribution in [-0.2, 0) is 19.2 Å². The van der Waals surface area contributed by atoms with Crippen molar-refractivity contribution in [1.82, 2.24) is 10.4 Å². The molecule has 0 spiro atoms. The van der Waals surface area contributed by atoms with Gasteiger partial charge in [-0.15, -0.1) is 0 Å². The average Bonchev–Trinajstić information content (AvgIpc) is 2.41. The predicted molar refractivity (Wildman–Crippen MR) is 95.7 cm³/mol. The van der Waals surface area contributed by atoms with E-state index in [1.54, 1.807) is 0 Å². The van der Waals surface area contributed by atoms with Crippen LogP contribution in [0.4, 0.5) is 0 Å². The molecule has 11 heteroatoms. The molecule has 0 aromatic heterocycles. The van der Waals surface area contributed by atoms with Crippen molar-refractivity contribution in [1.29, 1.82) is 0 Å². The molecule has 28 heavy (non-hydrogen) atoms. The molecular weight excluding hydrogens is 376 g/mol. The lowest BCUT2D eigenvalue weighted by Crippen LogP contribution is -2.62. The van der Waals surface area contributed by atoms with Crippen LogP contribution in [-0.4, -0.2) is 77.2 Å². The van der Waals surface area contributed by atoms with Crippen LogP contribution in [0.25, 0.3) is 0 Å². The Labute approximate surface area is 162 Å². The van der Waals surface area contributed by atoms with Gasteiger partial charge < -0.3 is 31.0 Å². The number of aliphatic hydroxyl groups is 1. The molecule has 1 saturated heterocycles. The van der Waals surface area contributed by atoms with Crippen LogP contribution in [0.5, 0.6) is 0 Å². The van der Waals surface area contributed by atoms with Crippen LogP contribution >= 0.6 is 0 Å². The molecule has 1 fully saturated rings.